The smallest absolute Gasteiger partial charge is 0.158 e. The molecule has 0 N–H and O–H groups in total. The fraction of sp³-hybridized carbons (Fsp3) is 0.550. The van der Waals surface area contributed by atoms with E-state index in [0.29, 0.717) is 11.7 Å². The van der Waals surface area contributed by atoms with E-state index in [1.807, 2.05) is 24.3 Å². The lowest BCUT2D eigenvalue weighted by Gasteiger charge is -2.33. The summed E-state index contributed by atoms with van der Waals surface area (Å²) >= 11 is 0. The highest BCUT2D eigenvalue weighted by Crippen LogP contribution is 2.39. The molecule has 2 aliphatic carbocycles. The summed E-state index contributed by atoms with van der Waals surface area (Å²) < 4.78 is 5.41. The number of carbonyl (C=O) groups is 1. The molecule has 2 heteroatoms. The first-order valence-electron chi connectivity index (χ1n) is 8.64. The number of para-hydroxylation sites is 1. The molecule has 0 bridgehead atoms. The zero-order valence-electron chi connectivity index (χ0n) is 13.5. The van der Waals surface area contributed by atoms with E-state index in [1.165, 1.54) is 32.1 Å². The molecule has 2 fully saturated rings. The molecule has 1 aromatic carbocycles. The van der Waals surface area contributed by atoms with E-state index in [2.05, 4.69) is 6.08 Å². The monoisotopic (exact) mass is 298 g/mol. The first kappa shape index (κ1) is 15.3. The van der Waals surface area contributed by atoms with Crippen molar-refractivity contribution in [1.82, 2.24) is 0 Å². The van der Waals surface area contributed by atoms with Gasteiger partial charge in [-0.25, -0.2) is 0 Å². The van der Waals surface area contributed by atoms with Crippen LogP contribution in [0, 0.1) is 11.8 Å². The van der Waals surface area contributed by atoms with E-state index >= 15 is 0 Å². The van der Waals surface area contributed by atoms with Gasteiger partial charge in [0.25, 0.3) is 0 Å². The average Bonchev–Trinajstić information content (AvgIpc) is 2.58. The molecule has 1 aromatic rings. The van der Waals surface area contributed by atoms with Gasteiger partial charge >= 0.3 is 0 Å². The van der Waals surface area contributed by atoms with Crippen LogP contribution in [-0.2, 0) is 4.79 Å². The molecule has 3 rings (SSSR count). The van der Waals surface area contributed by atoms with Gasteiger partial charge in [0.05, 0.1) is 7.11 Å². The lowest BCUT2D eigenvalue weighted by atomic mass is 9.71. The Morgan fingerprint density at radius 3 is 2.59 bits per heavy atom. The lowest BCUT2D eigenvalue weighted by Crippen LogP contribution is -2.25. The Morgan fingerprint density at radius 1 is 1.05 bits per heavy atom. The Labute approximate surface area is 133 Å². The Kier molecular flexibility index (Phi) is 4.97. The van der Waals surface area contributed by atoms with Crippen LogP contribution in [-0.4, -0.2) is 12.9 Å². The first-order chi connectivity index (χ1) is 10.8. The van der Waals surface area contributed by atoms with Crippen LogP contribution in [0.15, 0.2) is 29.8 Å². The highest BCUT2D eigenvalue weighted by Gasteiger charge is 2.30. The summed E-state index contributed by atoms with van der Waals surface area (Å²) in [5, 5.41) is 0. The molecule has 0 saturated heterocycles. The third-order valence-electron chi connectivity index (χ3n) is 5.37. The molecular weight excluding hydrogens is 272 g/mol. The van der Waals surface area contributed by atoms with Crippen molar-refractivity contribution >= 4 is 11.9 Å². The number of hydrogen-bond donors (Lipinski definition) is 0. The van der Waals surface area contributed by atoms with Gasteiger partial charge in [0, 0.05) is 12.0 Å². The van der Waals surface area contributed by atoms with Crippen molar-refractivity contribution < 1.29 is 9.53 Å². The van der Waals surface area contributed by atoms with Gasteiger partial charge in [0.2, 0.25) is 0 Å². The zero-order chi connectivity index (χ0) is 15.4. The van der Waals surface area contributed by atoms with Crippen LogP contribution < -0.4 is 4.74 Å². The number of hydrogen-bond acceptors (Lipinski definition) is 2. The highest BCUT2D eigenvalue weighted by atomic mass is 16.5. The van der Waals surface area contributed by atoms with Gasteiger partial charge < -0.3 is 4.74 Å². The van der Waals surface area contributed by atoms with Crippen molar-refractivity contribution in [3.05, 3.63) is 35.4 Å². The van der Waals surface area contributed by atoms with Gasteiger partial charge in [0.15, 0.2) is 5.78 Å². The molecule has 0 aliphatic heterocycles. The SMILES string of the molecule is COc1ccccc1C=C1CC(C2CCCCC2)CCC1=O. The van der Waals surface area contributed by atoms with Crippen LogP contribution in [0.25, 0.3) is 6.08 Å². The maximum Gasteiger partial charge on any atom is 0.158 e. The van der Waals surface area contributed by atoms with Crippen molar-refractivity contribution in [2.45, 2.75) is 51.4 Å². The summed E-state index contributed by atoms with van der Waals surface area (Å²) in [7, 11) is 1.69. The van der Waals surface area contributed by atoms with Gasteiger partial charge in [-0.15, -0.1) is 0 Å². The van der Waals surface area contributed by atoms with E-state index in [4.69, 9.17) is 4.74 Å². The van der Waals surface area contributed by atoms with Gasteiger partial charge in [-0.2, -0.15) is 0 Å². The second kappa shape index (κ2) is 7.13. The number of allylic oxidation sites excluding steroid dienone is 1. The molecule has 0 aromatic heterocycles. The topological polar surface area (TPSA) is 26.3 Å². The number of carbonyl (C=O) groups excluding carboxylic acids is 1. The zero-order valence-corrected chi connectivity index (χ0v) is 13.5. The molecule has 1 unspecified atom stereocenters. The predicted molar refractivity (Wildman–Crippen MR) is 89.9 cm³/mol. The van der Waals surface area contributed by atoms with Crippen LogP contribution in [0.4, 0.5) is 0 Å². The van der Waals surface area contributed by atoms with Gasteiger partial charge in [-0.3, -0.25) is 4.79 Å². The van der Waals surface area contributed by atoms with Gasteiger partial charge in [0.1, 0.15) is 5.75 Å². The Morgan fingerprint density at radius 2 is 1.82 bits per heavy atom. The van der Waals surface area contributed by atoms with Crippen molar-refractivity contribution in [3.63, 3.8) is 0 Å². The standard InChI is InChI=1S/C20H26O2/c1-22-20-10-6-5-9-17(20)14-18-13-16(11-12-19(18)21)15-7-3-2-4-8-15/h5-6,9-10,14-16H,2-4,7-8,11-13H2,1H3. The van der Waals surface area contributed by atoms with Crippen molar-refractivity contribution in [2.75, 3.05) is 7.11 Å². The maximum absolute atomic E-state index is 12.3. The Bertz CT molecular complexity index is 553. The van der Waals surface area contributed by atoms with E-state index in [0.717, 1.165) is 42.1 Å². The van der Waals surface area contributed by atoms with E-state index in [1.54, 1.807) is 7.11 Å². The lowest BCUT2D eigenvalue weighted by molar-refractivity contribution is -0.117. The van der Waals surface area contributed by atoms with Crippen LogP contribution in [0.3, 0.4) is 0 Å². The predicted octanol–water partition coefficient (Wildman–Crippen LogP) is 5.03. The molecule has 0 amide bonds. The van der Waals surface area contributed by atoms with E-state index in [-0.39, 0.29) is 0 Å². The quantitative estimate of drug-likeness (QED) is 0.732. The number of rotatable bonds is 3. The summed E-state index contributed by atoms with van der Waals surface area (Å²) in [6.07, 6.45) is 11.7. The Hall–Kier alpha value is -1.57. The number of benzene rings is 1. The third kappa shape index (κ3) is 3.43. The molecule has 22 heavy (non-hydrogen) atoms. The molecule has 0 spiro atoms. The molecule has 1 atom stereocenters. The summed E-state index contributed by atoms with van der Waals surface area (Å²) in [4.78, 5) is 12.3. The third-order valence-corrected chi connectivity index (χ3v) is 5.37. The normalized spacial score (nSPS) is 25.4. The number of methoxy groups -OCH3 is 1. The summed E-state index contributed by atoms with van der Waals surface area (Å²) in [6, 6.07) is 7.96. The van der Waals surface area contributed by atoms with Crippen molar-refractivity contribution in [1.29, 1.82) is 0 Å². The Balaban J connectivity index is 1.78. The molecule has 2 aliphatic rings. The maximum atomic E-state index is 12.3. The van der Waals surface area contributed by atoms with E-state index < -0.39 is 0 Å². The largest absolute Gasteiger partial charge is 0.496 e. The minimum Gasteiger partial charge on any atom is -0.496 e. The van der Waals surface area contributed by atoms with Crippen LogP contribution in [0.1, 0.15) is 56.9 Å². The molecule has 0 heterocycles. The first-order valence-corrected chi connectivity index (χ1v) is 8.64. The van der Waals surface area contributed by atoms with Crippen molar-refractivity contribution in [3.8, 4) is 5.75 Å². The average molecular weight is 298 g/mol. The number of Topliss-reactive ketones (excluding diaryl/α,β-unsaturated/α-hetero) is 1. The fourth-order valence-corrected chi connectivity index (χ4v) is 4.10. The number of ether oxygens (including phenoxy) is 1. The highest BCUT2D eigenvalue weighted by molar-refractivity contribution is 6.00. The minimum atomic E-state index is 0.331. The van der Waals surface area contributed by atoms with Crippen molar-refractivity contribution in [2.24, 2.45) is 11.8 Å². The fourth-order valence-electron chi connectivity index (χ4n) is 4.10. The second-order valence-electron chi connectivity index (χ2n) is 6.74. The van der Waals surface area contributed by atoms with Crippen LogP contribution in [0.5, 0.6) is 5.75 Å². The van der Waals surface area contributed by atoms with Crippen LogP contribution >= 0.6 is 0 Å². The molecule has 118 valence electrons. The van der Waals surface area contributed by atoms with Gasteiger partial charge in [-0.05, 0) is 42.4 Å². The summed E-state index contributed by atoms with van der Waals surface area (Å²) in [6.45, 7) is 0. The minimum absolute atomic E-state index is 0.331. The molecule has 0 radical (unpaired) electrons. The summed E-state index contributed by atoms with van der Waals surface area (Å²) in [5.74, 6) is 2.72. The summed E-state index contributed by atoms with van der Waals surface area (Å²) in [5.41, 5.74) is 2.03. The molecule has 2 nitrogen and oxygen atoms in total. The molecular formula is C20H26O2. The number of ketones is 1. The van der Waals surface area contributed by atoms with Gasteiger partial charge in [-0.1, -0.05) is 50.3 Å². The van der Waals surface area contributed by atoms with Crippen LogP contribution in [0.2, 0.25) is 0 Å². The molecule has 2 saturated carbocycles. The van der Waals surface area contributed by atoms with E-state index in [9.17, 15) is 4.79 Å². The second-order valence-corrected chi connectivity index (χ2v) is 6.74.